The summed E-state index contributed by atoms with van der Waals surface area (Å²) in [6.45, 7) is 5.22. The molecule has 4 aromatic rings. The first kappa shape index (κ1) is 57.4. The van der Waals surface area contributed by atoms with Crippen LogP contribution in [-0.2, 0) is 68.8 Å². The number of nitrogens with two attached hydrogens (primary N) is 1. The Kier molecular flexibility index (Phi) is 21.2. The highest BCUT2D eigenvalue weighted by atomic mass is 16.3. The van der Waals surface area contributed by atoms with Crippen LogP contribution in [0, 0.1) is 5.92 Å². The minimum absolute atomic E-state index is 0.00346. The van der Waals surface area contributed by atoms with E-state index in [0.29, 0.717) is 48.7 Å². The van der Waals surface area contributed by atoms with E-state index in [4.69, 9.17) is 5.73 Å². The highest BCUT2D eigenvalue weighted by Crippen LogP contribution is 2.22. The summed E-state index contributed by atoms with van der Waals surface area (Å²) in [5.74, 6) is -4.68. The lowest BCUT2D eigenvalue weighted by Crippen LogP contribution is -2.59. The first-order valence-corrected chi connectivity index (χ1v) is 26.0. The van der Waals surface area contributed by atoms with Gasteiger partial charge in [0.05, 0.1) is 18.6 Å². The molecule has 19 nitrogen and oxygen atoms in total. The Balaban J connectivity index is 1.13. The molecule has 9 N–H and O–H groups in total. The smallest absolute Gasteiger partial charge is 0.246 e. The molecule has 2 fully saturated rings. The Morgan fingerprint density at radius 1 is 0.566 bits per heavy atom. The number of amides is 8. The number of rotatable bonds is 25. The fourth-order valence-electron chi connectivity index (χ4n) is 9.59. The van der Waals surface area contributed by atoms with Crippen LogP contribution in [0.2, 0.25) is 0 Å². The van der Waals surface area contributed by atoms with Crippen molar-refractivity contribution in [1.82, 2.24) is 41.7 Å². The summed E-state index contributed by atoms with van der Waals surface area (Å²) in [4.78, 5) is 126. The lowest BCUT2D eigenvalue weighted by molar-refractivity contribution is -0.142. The molecule has 0 aliphatic carbocycles. The van der Waals surface area contributed by atoms with E-state index in [9.17, 15) is 48.3 Å². The summed E-state index contributed by atoms with van der Waals surface area (Å²) >= 11 is 0. The Bertz CT molecular complexity index is 2620. The van der Waals surface area contributed by atoms with Crippen LogP contribution in [0.1, 0.15) is 75.1 Å². The normalized spacial score (nSPS) is 17.5. The van der Waals surface area contributed by atoms with Gasteiger partial charge >= 0.3 is 0 Å². The third-order valence-electron chi connectivity index (χ3n) is 13.5. The summed E-state index contributed by atoms with van der Waals surface area (Å²) in [6.07, 6.45) is 2.86. The average Bonchev–Trinajstić information content (AvgIpc) is 4.12. The number of phenolic OH excluding ortho intramolecular Hbond substituents is 1. The van der Waals surface area contributed by atoms with E-state index in [1.165, 1.54) is 28.9 Å². The lowest BCUT2D eigenvalue weighted by atomic mass is 10.0. The van der Waals surface area contributed by atoms with Gasteiger partial charge in [0.2, 0.25) is 47.3 Å². The van der Waals surface area contributed by atoms with Crippen LogP contribution in [0.4, 0.5) is 0 Å². The van der Waals surface area contributed by atoms with E-state index in [-0.39, 0.29) is 56.9 Å². The molecule has 0 bridgehead atoms. The number of nitrogens with zero attached hydrogens (tertiary/aromatic N) is 2. The number of phenols is 1. The van der Waals surface area contributed by atoms with Gasteiger partial charge in [-0.25, -0.2) is 0 Å². The maximum Gasteiger partial charge on any atom is 0.246 e. The van der Waals surface area contributed by atoms with Gasteiger partial charge in [-0.3, -0.25) is 38.4 Å². The number of likely N-dealkylation sites (tertiary alicyclic amines) is 2. The second kappa shape index (κ2) is 28.1. The van der Waals surface area contributed by atoms with Crippen molar-refractivity contribution in [1.29, 1.82) is 0 Å². The second-order valence-electron chi connectivity index (χ2n) is 20.0. The van der Waals surface area contributed by atoms with Gasteiger partial charge in [-0.15, -0.1) is 0 Å². The Morgan fingerprint density at radius 2 is 1.04 bits per heavy atom. The number of aldehydes is 1. The van der Waals surface area contributed by atoms with Crippen LogP contribution in [0.25, 0.3) is 0 Å². The fraction of sp³-hybridized carbons (Fsp3) is 0.421. The van der Waals surface area contributed by atoms with Crippen LogP contribution in [0.3, 0.4) is 0 Å². The zero-order chi connectivity index (χ0) is 54.7. The summed E-state index contributed by atoms with van der Waals surface area (Å²) in [5, 5.41) is 26.3. The largest absolute Gasteiger partial charge is 0.508 e. The monoisotopic (exact) mass is 1040 g/mol. The molecule has 76 heavy (non-hydrogen) atoms. The molecule has 8 amide bonds. The molecule has 0 radical (unpaired) electrons. The molecular weight excluding hydrogens is 971 g/mol. The minimum Gasteiger partial charge on any atom is -0.508 e. The third kappa shape index (κ3) is 16.8. The third-order valence-corrected chi connectivity index (χ3v) is 13.5. The topological polar surface area (TPSA) is 279 Å². The van der Waals surface area contributed by atoms with Gasteiger partial charge in [0, 0.05) is 32.4 Å². The number of hydrogen-bond acceptors (Lipinski definition) is 11. The fourth-order valence-corrected chi connectivity index (χ4v) is 9.59. The number of nitrogens with one attached hydrogen (secondary N) is 6. The van der Waals surface area contributed by atoms with Crippen molar-refractivity contribution in [3.8, 4) is 5.75 Å². The molecule has 2 aliphatic heterocycles. The highest BCUT2D eigenvalue weighted by Gasteiger charge is 2.41. The van der Waals surface area contributed by atoms with Crippen LogP contribution in [0.5, 0.6) is 5.75 Å². The molecule has 2 heterocycles. The molecule has 19 heteroatoms. The number of aromatic hydroxyl groups is 1. The van der Waals surface area contributed by atoms with Crippen LogP contribution < -0.4 is 37.6 Å². The molecule has 8 atom stereocenters. The quantitative estimate of drug-likeness (QED) is 0.0443. The van der Waals surface area contributed by atoms with E-state index in [0.717, 1.165) is 5.56 Å². The summed E-state index contributed by atoms with van der Waals surface area (Å²) < 4.78 is 0. The highest BCUT2D eigenvalue weighted by molar-refractivity contribution is 5.98. The summed E-state index contributed by atoms with van der Waals surface area (Å²) in [6, 6.07) is 25.0. The molecule has 404 valence electrons. The Labute approximate surface area is 443 Å². The standard InChI is InChI=1S/C57H71N9O10/c1-36(2)29-42(35-67)61-52(71)46(32-41-23-25-43(68)26-24-41)63-55(74)49-22-14-28-66(49)57(76)47(33-40-19-11-6-12-20-40)64-53(72)45(31-39-17-9-5-10-18-39)62-50(69)34-59-54(73)48-21-13-27-65(48)56(75)37(3)60-51(70)44(58)30-38-15-7-4-8-16-38/h4-12,15-20,23-26,35-37,42,44-49,68H,13-14,21-22,27-34,58H2,1-3H3,(H,59,73)(H,60,70)(H,61,71)(H,62,69)(H,63,74)(H,64,72)/t37-,42-,44-,45-,46-,47-,48-,49-/m0/s1. The maximum absolute atomic E-state index is 14.8. The summed E-state index contributed by atoms with van der Waals surface area (Å²) in [7, 11) is 0. The summed E-state index contributed by atoms with van der Waals surface area (Å²) in [5.41, 5.74) is 9.02. The van der Waals surface area contributed by atoms with Crippen LogP contribution in [0.15, 0.2) is 115 Å². The molecule has 6 rings (SSSR count). The zero-order valence-corrected chi connectivity index (χ0v) is 43.3. The molecule has 0 aromatic heterocycles. The maximum atomic E-state index is 14.8. The SMILES string of the molecule is CC(C)C[C@@H](C=O)NC(=O)[C@H](Cc1ccc(O)cc1)NC(=O)[C@@H]1CCCN1C(=O)[C@H](Cc1ccccc1)NC(=O)[C@H](Cc1ccccc1)NC(=O)CNC(=O)[C@@H]1CCCN1C(=O)[C@H](C)NC(=O)[C@@H](N)Cc1ccccc1. The van der Waals surface area contributed by atoms with Crippen molar-refractivity contribution in [2.24, 2.45) is 11.7 Å². The van der Waals surface area contributed by atoms with Gasteiger partial charge < -0.3 is 57.3 Å². The molecular formula is C57H71N9O10. The molecule has 2 saturated heterocycles. The van der Waals surface area contributed by atoms with Crippen LogP contribution in [-0.4, -0.2) is 136 Å². The number of carbonyl (C=O) groups excluding carboxylic acids is 9. The van der Waals surface area contributed by atoms with Crippen molar-refractivity contribution in [2.45, 2.75) is 127 Å². The van der Waals surface area contributed by atoms with E-state index >= 15 is 0 Å². The van der Waals surface area contributed by atoms with Crippen LogP contribution >= 0.6 is 0 Å². The molecule has 0 spiro atoms. The minimum atomic E-state index is -1.25. The molecule has 0 saturated carbocycles. The van der Waals surface area contributed by atoms with Gasteiger partial charge in [-0.1, -0.05) is 117 Å². The lowest BCUT2D eigenvalue weighted by Gasteiger charge is -2.31. The zero-order valence-electron chi connectivity index (χ0n) is 43.3. The average molecular weight is 1040 g/mol. The Hall–Kier alpha value is -7.93. The van der Waals surface area contributed by atoms with Gasteiger partial charge in [-0.05, 0) is 85.8 Å². The van der Waals surface area contributed by atoms with Gasteiger partial charge in [-0.2, -0.15) is 0 Å². The number of benzene rings is 4. The second-order valence-corrected chi connectivity index (χ2v) is 20.0. The van der Waals surface area contributed by atoms with Gasteiger partial charge in [0.15, 0.2) is 0 Å². The van der Waals surface area contributed by atoms with E-state index in [2.05, 4.69) is 31.9 Å². The first-order valence-electron chi connectivity index (χ1n) is 26.0. The van der Waals surface area contributed by atoms with E-state index in [1.54, 1.807) is 66.7 Å². The van der Waals surface area contributed by atoms with Crippen molar-refractivity contribution in [3.05, 3.63) is 138 Å². The molecule has 0 unspecified atom stereocenters. The van der Waals surface area contributed by atoms with Crippen molar-refractivity contribution < 1.29 is 48.3 Å². The molecule has 4 aromatic carbocycles. The number of carbonyl (C=O) groups is 9. The van der Waals surface area contributed by atoms with Crippen molar-refractivity contribution in [3.63, 3.8) is 0 Å². The van der Waals surface area contributed by atoms with E-state index in [1.807, 2.05) is 50.2 Å². The van der Waals surface area contributed by atoms with Crippen molar-refractivity contribution >= 4 is 53.5 Å². The van der Waals surface area contributed by atoms with E-state index < -0.39 is 102 Å². The van der Waals surface area contributed by atoms with Gasteiger partial charge in [0.25, 0.3) is 0 Å². The Morgan fingerprint density at radius 3 is 1.58 bits per heavy atom. The predicted molar refractivity (Wildman–Crippen MR) is 284 cm³/mol. The predicted octanol–water partition coefficient (Wildman–Crippen LogP) is 1.78. The first-order chi connectivity index (χ1) is 36.5. The van der Waals surface area contributed by atoms with Gasteiger partial charge in [0.1, 0.15) is 48.3 Å². The number of hydrogen-bond donors (Lipinski definition) is 8. The molecule has 2 aliphatic rings. The van der Waals surface area contributed by atoms with Crippen molar-refractivity contribution in [2.75, 3.05) is 19.6 Å².